The number of amides is 1. The number of aliphatic hydroxyl groups excluding tert-OH is 1. The number of ketones is 1. The minimum atomic E-state index is -0.826. The largest absolute Gasteiger partial charge is 0.507 e. The number of thiazole rings is 1. The van der Waals surface area contributed by atoms with Gasteiger partial charge in [-0.25, -0.2) is 4.98 Å². The van der Waals surface area contributed by atoms with E-state index in [0.29, 0.717) is 29.0 Å². The van der Waals surface area contributed by atoms with Gasteiger partial charge in [0, 0.05) is 5.56 Å². The van der Waals surface area contributed by atoms with Crippen molar-refractivity contribution in [3.63, 3.8) is 0 Å². The van der Waals surface area contributed by atoms with Crippen molar-refractivity contribution in [3.05, 3.63) is 94.1 Å². The van der Waals surface area contributed by atoms with Crippen molar-refractivity contribution in [3.8, 4) is 5.75 Å². The van der Waals surface area contributed by atoms with Gasteiger partial charge in [0.25, 0.3) is 5.78 Å². The lowest BCUT2D eigenvalue weighted by Crippen LogP contribution is -2.29. The maximum atomic E-state index is 13.7. The summed E-state index contributed by atoms with van der Waals surface area (Å²) in [6.45, 7) is 10.9. The number of carbonyl (C=O) groups excluding carboxylic acids is 2. The molecule has 1 aliphatic heterocycles. The fraction of sp³-hybridized carbons (Fsp3) is 0.303. The van der Waals surface area contributed by atoms with Crippen molar-refractivity contribution in [2.24, 2.45) is 0 Å². The van der Waals surface area contributed by atoms with Crippen molar-refractivity contribution in [2.45, 2.75) is 59.4 Å². The molecule has 206 valence electrons. The van der Waals surface area contributed by atoms with Gasteiger partial charge in [0.15, 0.2) is 5.13 Å². The Labute approximate surface area is 238 Å². The second-order valence-corrected chi connectivity index (χ2v) is 11.7. The predicted molar refractivity (Wildman–Crippen MR) is 161 cm³/mol. The quantitative estimate of drug-likeness (QED) is 0.104. The Balaban J connectivity index is 1.66. The van der Waals surface area contributed by atoms with Crippen LogP contribution in [0.2, 0.25) is 0 Å². The lowest BCUT2D eigenvalue weighted by molar-refractivity contribution is -0.132. The monoisotopic (exact) mass is 554 g/mol. The lowest BCUT2D eigenvalue weighted by Gasteiger charge is -2.23. The summed E-state index contributed by atoms with van der Waals surface area (Å²) in [5.41, 5.74) is 5.25. The molecule has 1 N–H and O–H groups in total. The average molecular weight is 555 g/mol. The van der Waals surface area contributed by atoms with Crippen LogP contribution in [0.4, 0.5) is 5.13 Å². The van der Waals surface area contributed by atoms with Gasteiger partial charge in [0.2, 0.25) is 0 Å². The van der Waals surface area contributed by atoms with Crippen LogP contribution in [0.25, 0.3) is 16.0 Å². The summed E-state index contributed by atoms with van der Waals surface area (Å²) in [5, 5.41) is 12.0. The van der Waals surface area contributed by atoms with Crippen LogP contribution in [0.3, 0.4) is 0 Å². The molecule has 5 rings (SSSR count). The molecule has 1 aliphatic rings. The zero-order valence-electron chi connectivity index (χ0n) is 23.5. The number of hydrogen-bond acceptors (Lipinski definition) is 6. The van der Waals surface area contributed by atoms with Gasteiger partial charge in [-0.3, -0.25) is 14.5 Å². The molecule has 7 heteroatoms. The van der Waals surface area contributed by atoms with Crippen LogP contribution in [0.15, 0.2) is 66.2 Å². The number of hydrogen-bond donors (Lipinski definition) is 1. The normalized spacial score (nSPS) is 16.9. The first-order chi connectivity index (χ1) is 19.2. The van der Waals surface area contributed by atoms with Gasteiger partial charge < -0.3 is 9.84 Å². The number of aliphatic hydroxyl groups is 1. The third-order valence-electron chi connectivity index (χ3n) is 7.26. The van der Waals surface area contributed by atoms with Crippen LogP contribution in [0.5, 0.6) is 5.75 Å². The van der Waals surface area contributed by atoms with Crippen molar-refractivity contribution in [1.82, 2.24) is 4.98 Å². The SMILES string of the molecule is CCCCOc1cccc(C(O)=C2C(=O)C(=O)N(c3nc4c(C)cc(C)cc4s3)C2c2ccc(C(C)C)cc2)c1. The number of ether oxygens (including phenoxy) is 1. The van der Waals surface area contributed by atoms with E-state index < -0.39 is 17.7 Å². The maximum absolute atomic E-state index is 13.7. The molecule has 1 atom stereocenters. The Morgan fingerprint density at radius 3 is 2.52 bits per heavy atom. The molecule has 0 aliphatic carbocycles. The summed E-state index contributed by atoms with van der Waals surface area (Å²) in [6, 6.07) is 18.2. The first-order valence-electron chi connectivity index (χ1n) is 13.7. The minimum Gasteiger partial charge on any atom is -0.507 e. The van der Waals surface area contributed by atoms with Gasteiger partial charge in [0.1, 0.15) is 11.5 Å². The van der Waals surface area contributed by atoms with Crippen molar-refractivity contribution >= 4 is 44.1 Å². The van der Waals surface area contributed by atoms with Crippen molar-refractivity contribution < 1.29 is 19.4 Å². The second-order valence-electron chi connectivity index (χ2n) is 10.6. The minimum absolute atomic E-state index is 0.0418. The molecular weight excluding hydrogens is 520 g/mol. The predicted octanol–water partition coefficient (Wildman–Crippen LogP) is 7.84. The Morgan fingerprint density at radius 2 is 1.82 bits per heavy atom. The Hall–Kier alpha value is -3.97. The molecule has 3 aromatic carbocycles. The molecule has 1 saturated heterocycles. The average Bonchev–Trinajstić information content (AvgIpc) is 3.47. The number of nitrogens with zero attached hydrogens (tertiary/aromatic N) is 2. The molecule has 1 unspecified atom stereocenters. The van der Waals surface area contributed by atoms with E-state index >= 15 is 0 Å². The van der Waals surface area contributed by atoms with Crippen molar-refractivity contribution in [1.29, 1.82) is 0 Å². The van der Waals surface area contributed by atoms with Gasteiger partial charge >= 0.3 is 5.91 Å². The highest BCUT2D eigenvalue weighted by molar-refractivity contribution is 7.22. The molecule has 1 fully saturated rings. The molecule has 0 saturated carbocycles. The molecule has 6 nitrogen and oxygen atoms in total. The maximum Gasteiger partial charge on any atom is 0.301 e. The molecule has 4 aromatic rings. The number of carbonyl (C=O) groups is 2. The van der Waals surface area contributed by atoms with Gasteiger partial charge in [-0.1, -0.05) is 81.0 Å². The van der Waals surface area contributed by atoms with Crippen LogP contribution in [-0.4, -0.2) is 28.4 Å². The molecule has 40 heavy (non-hydrogen) atoms. The van der Waals surface area contributed by atoms with E-state index in [1.807, 2.05) is 50.2 Å². The number of aryl methyl sites for hydroxylation is 2. The van der Waals surface area contributed by atoms with E-state index in [2.05, 4.69) is 26.8 Å². The third-order valence-corrected chi connectivity index (χ3v) is 8.26. The van der Waals surface area contributed by atoms with Gasteiger partial charge in [0.05, 0.1) is 28.4 Å². The van der Waals surface area contributed by atoms with E-state index in [9.17, 15) is 14.7 Å². The van der Waals surface area contributed by atoms with E-state index in [4.69, 9.17) is 9.72 Å². The number of aromatic nitrogens is 1. The lowest BCUT2D eigenvalue weighted by atomic mass is 9.93. The number of unbranched alkanes of at least 4 members (excludes halogenated alkanes) is 1. The van der Waals surface area contributed by atoms with E-state index in [-0.39, 0.29) is 11.3 Å². The molecule has 0 spiro atoms. The van der Waals surface area contributed by atoms with Crippen LogP contribution in [0.1, 0.15) is 73.4 Å². The fourth-order valence-corrected chi connectivity index (χ4v) is 6.26. The van der Waals surface area contributed by atoms with E-state index in [0.717, 1.165) is 45.3 Å². The summed E-state index contributed by atoms with van der Waals surface area (Å²) in [7, 11) is 0. The Bertz CT molecular complexity index is 1620. The number of Topliss-reactive ketones (excluding diaryl/α,β-unsaturated/α-hetero) is 1. The van der Waals surface area contributed by atoms with Crippen molar-refractivity contribution in [2.75, 3.05) is 11.5 Å². The second kappa shape index (κ2) is 11.3. The highest BCUT2D eigenvalue weighted by atomic mass is 32.1. The highest BCUT2D eigenvalue weighted by Gasteiger charge is 2.48. The first kappa shape index (κ1) is 27.6. The molecule has 0 bridgehead atoms. The molecule has 0 radical (unpaired) electrons. The number of benzene rings is 3. The van der Waals surface area contributed by atoms with Gasteiger partial charge in [-0.15, -0.1) is 0 Å². The van der Waals surface area contributed by atoms with Gasteiger partial charge in [-0.05, 0) is 66.6 Å². The van der Waals surface area contributed by atoms with Crippen LogP contribution >= 0.6 is 11.3 Å². The summed E-state index contributed by atoms with van der Waals surface area (Å²) < 4.78 is 6.78. The summed E-state index contributed by atoms with van der Waals surface area (Å²) >= 11 is 1.38. The Morgan fingerprint density at radius 1 is 1.07 bits per heavy atom. The topological polar surface area (TPSA) is 79.7 Å². The van der Waals surface area contributed by atoms with Gasteiger partial charge in [-0.2, -0.15) is 0 Å². The van der Waals surface area contributed by atoms with E-state index in [1.165, 1.54) is 16.2 Å². The zero-order chi connectivity index (χ0) is 28.6. The molecule has 1 amide bonds. The molecule has 2 heterocycles. The van der Waals surface area contributed by atoms with Crippen LogP contribution < -0.4 is 9.64 Å². The third kappa shape index (κ3) is 5.13. The van der Waals surface area contributed by atoms with Crippen LogP contribution in [0, 0.1) is 13.8 Å². The summed E-state index contributed by atoms with van der Waals surface area (Å²) in [5.74, 6) is -0.746. The molecular formula is C33H34N2O4S. The summed E-state index contributed by atoms with van der Waals surface area (Å²) in [4.78, 5) is 33.5. The number of fused-ring (bicyclic) bond motifs is 1. The Kier molecular flexibility index (Phi) is 7.76. The smallest absolute Gasteiger partial charge is 0.301 e. The first-order valence-corrected chi connectivity index (χ1v) is 14.5. The molecule has 1 aromatic heterocycles. The summed E-state index contributed by atoms with van der Waals surface area (Å²) in [6.07, 6.45) is 1.92. The van der Waals surface area contributed by atoms with Crippen LogP contribution in [-0.2, 0) is 9.59 Å². The fourth-order valence-electron chi connectivity index (χ4n) is 5.09. The standard InChI is InChI=1S/C33H34N2O4S/c1-6-7-15-39-25-10-8-9-24(18-25)30(36)27-29(23-13-11-22(12-14-23)19(2)3)35(32(38)31(27)37)33-34-28-21(5)16-20(4)17-26(28)40-33/h8-14,16-19,29,36H,6-7,15H2,1-5H3. The van der Waals surface area contributed by atoms with E-state index in [1.54, 1.807) is 18.2 Å². The number of anilines is 1. The number of rotatable bonds is 8. The zero-order valence-corrected chi connectivity index (χ0v) is 24.3. The highest BCUT2D eigenvalue weighted by Crippen LogP contribution is 2.45.